The van der Waals surface area contributed by atoms with Gasteiger partial charge >= 0.3 is 0 Å². The lowest BCUT2D eigenvalue weighted by Gasteiger charge is -2.05. The highest BCUT2D eigenvalue weighted by Crippen LogP contribution is 2.30. The summed E-state index contributed by atoms with van der Waals surface area (Å²) in [6, 6.07) is 17.4. The van der Waals surface area contributed by atoms with Crippen LogP contribution in [0.2, 0.25) is 0 Å². The van der Waals surface area contributed by atoms with Gasteiger partial charge in [-0.25, -0.2) is 0 Å². The first-order valence-electron chi connectivity index (χ1n) is 6.48. The van der Waals surface area contributed by atoms with E-state index in [0.717, 1.165) is 21.3 Å². The second kappa shape index (κ2) is 4.65. The molecule has 0 aliphatic heterocycles. The number of fused-ring (bicyclic) bond motifs is 3. The van der Waals surface area contributed by atoms with Crippen molar-refractivity contribution in [2.75, 3.05) is 0 Å². The van der Waals surface area contributed by atoms with Gasteiger partial charge < -0.3 is 4.98 Å². The van der Waals surface area contributed by atoms with E-state index in [1.54, 1.807) is 4.57 Å². The molecule has 0 aliphatic carbocycles. The molecule has 1 N–H and O–H groups in total. The van der Waals surface area contributed by atoms with Crippen LogP contribution >= 0.6 is 23.6 Å². The third kappa shape index (κ3) is 1.86. The summed E-state index contributed by atoms with van der Waals surface area (Å²) >= 11 is 6.88. The van der Waals surface area contributed by atoms with Crippen LogP contribution in [-0.4, -0.2) is 9.55 Å². The van der Waals surface area contributed by atoms with Gasteiger partial charge in [-0.1, -0.05) is 36.4 Å². The van der Waals surface area contributed by atoms with Crippen molar-refractivity contribution in [3.05, 3.63) is 69.7 Å². The molecule has 0 atom stereocenters. The average molecular weight is 310 g/mol. The number of benzene rings is 2. The van der Waals surface area contributed by atoms with Gasteiger partial charge in [0.2, 0.25) is 0 Å². The number of hydrogen-bond acceptors (Lipinski definition) is 3. The van der Waals surface area contributed by atoms with E-state index in [0.29, 0.717) is 9.47 Å². The number of hydrogen-bond donors (Lipinski definition) is 1. The first kappa shape index (κ1) is 12.5. The fourth-order valence-electron chi connectivity index (χ4n) is 2.49. The van der Waals surface area contributed by atoms with Gasteiger partial charge in [-0.2, -0.15) is 0 Å². The predicted molar refractivity (Wildman–Crippen MR) is 90.1 cm³/mol. The van der Waals surface area contributed by atoms with Gasteiger partial charge in [-0.15, -0.1) is 11.3 Å². The van der Waals surface area contributed by atoms with Gasteiger partial charge in [0.05, 0.1) is 11.2 Å². The molecule has 3 nitrogen and oxygen atoms in total. The molecule has 0 amide bonds. The molecular weight excluding hydrogens is 300 g/mol. The molecule has 2 aromatic heterocycles. The molecule has 0 fully saturated rings. The predicted octanol–water partition coefficient (Wildman–Crippen LogP) is 4.26. The Kier molecular flexibility index (Phi) is 2.77. The fraction of sp³-hybridized carbons (Fsp3) is 0. The normalized spacial score (nSPS) is 11.2. The smallest absolute Gasteiger partial charge is 0.276 e. The Hall–Kier alpha value is -2.24. The summed E-state index contributed by atoms with van der Waals surface area (Å²) in [7, 11) is 0. The lowest BCUT2D eigenvalue weighted by Crippen LogP contribution is -2.19. The fourth-order valence-corrected chi connectivity index (χ4v) is 3.87. The van der Waals surface area contributed by atoms with Crippen LogP contribution in [0.4, 0.5) is 0 Å². The highest BCUT2D eigenvalue weighted by molar-refractivity contribution is 7.71. The Morgan fingerprint density at radius 2 is 1.71 bits per heavy atom. The second-order valence-electron chi connectivity index (χ2n) is 4.71. The number of para-hydroxylation sites is 1. The standard InChI is InChI=1S/C16H10N2OS2/c19-15-14-13(11-8-4-5-9-12(11)21-14)17-16(20)18(15)10-6-2-1-3-7-10/h1-9H,(H,17,20). The number of nitrogens with one attached hydrogen (secondary N) is 1. The van der Waals surface area contributed by atoms with E-state index in [4.69, 9.17) is 12.2 Å². The Morgan fingerprint density at radius 1 is 1.00 bits per heavy atom. The molecule has 4 aromatic rings. The van der Waals surface area contributed by atoms with Gasteiger partial charge in [0.25, 0.3) is 5.56 Å². The maximum atomic E-state index is 12.8. The van der Waals surface area contributed by atoms with Gasteiger partial charge in [0.1, 0.15) is 4.70 Å². The number of rotatable bonds is 1. The van der Waals surface area contributed by atoms with E-state index >= 15 is 0 Å². The van der Waals surface area contributed by atoms with Crippen LogP contribution < -0.4 is 5.56 Å². The third-order valence-electron chi connectivity index (χ3n) is 3.44. The topological polar surface area (TPSA) is 37.8 Å². The maximum Gasteiger partial charge on any atom is 0.276 e. The summed E-state index contributed by atoms with van der Waals surface area (Å²) in [6.07, 6.45) is 0. The molecule has 0 bridgehead atoms. The molecule has 0 saturated carbocycles. The Balaban J connectivity index is 2.18. The van der Waals surface area contributed by atoms with Crippen LogP contribution in [0.15, 0.2) is 59.4 Å². The molecule has 0 aliphatic rings. The number of aromatic amines is 1. The minimum Gasteiger partial charge on any atom is -0.330 e. The Morgan fingerprint density at radius 3 is 2.52 bits per heavy atom. The molecular formula is C16H10N2OS2. The molecule has 4 rings (SSSR count). The zero-order valence-corrected chi connectivity index (χ0v) is 12.5. The van der Waals surface area contributed by atoms with Crippen LogP contribution in [0.1, 0.15) is 0 Å². The minimum atomic E-state index is -0.0684. The summed E-state index contributed by atoms with van der Waals surface area (Å²) in [6.45, 7) is 0. The van der Waals surface area contributed by atoms with Crippen molar-refractivity contribution in [3.63, 3.8) is 0 Å². The van der Waals surface area contributed by atoms with Crippen molar-refractivity contribution in [3.8, 4) is 5.69 Å². The van der Waals surface area contributed by atoms with Crippen LogP contribution in [0, 0.1) is 4.77 Å². The largest absolute Gasteiger partial charge is 0.330 e. The highest BCUT2D eigenvalue weighted by Gasteiger charge is 2.12. The van der Waals surface area contributed by atoms with Gasteiger partial charge in [0, 0.05) is 10.1 Å². The second-order valence-corrected chi connectivity index (χ2v) is 6.15. The van der Waals surface area contributed by atoms with Crippen molar-refractivity contribution >= 4 is 43.9 Å². The molecule has 0 unspecified atom stereocenters. The van der Waals surface area contributed by atoms with Crippen molar-refractivity contribution in [1.29, 1.82) is 0 Å². The zero-order chi connectivity index (χ0) is 14.4. The molecule has 0 radical (unpaired) electrons. The number of nitrogens with zero attached hydrogens (tertiary/aromatic N) is 1. The van der Waals surface area contributed by atoms with Crippen molar-refractivity contribution in [2.45, 2.75) is 0 Å². The van der Waals surface area contributed by atoms with E-state index in [2.05, 4.69) is 4.98 Å². The molecule has 0 spiro atoms. The zero-order valence-electron chi connectivity index (χ0n) is 10.9. The minimum absolute atomic E-state index is 0.0684. The lowest BCUT2D eigenvalue weighted by atomic mass is 10.2. The van der Waals surface area contributed by atoms with Crippen molar-refractivity contribution in [1.82, 2.24) is 9.55 Å². The Labute approximate surface area is 129 Å². The first-order chi connectivity index (χ1) is 10.3. The first-order valence-corrected chi connectivity index (χ1v) is 7.70. The van der Waals surface area contributed by atoms with Crippen LogP contribution in [0.3, 0.4) is 0 Å². The van der Waals surface area contributed by atoms with E-state index in [-0.39, 0.29) is 5.56 Å². The summed E-state index contributed by atoms with van der Waals surface area (Å²) in [5, 5.41) is 1.04. The molecule has 0 saturated heterocycles. The number of H-pyrrole nitrogens is 1. The van der Waals surface area contributed by atoms with E-state index in [1.165, 1.54) is 11.3 Å². The van der Waals surface area contributed by atoms with Crippen LogP contribution in [-0.2, 0) is 0 Å². The SMILES string of the molecule is O=c1c2sc3ccccc3c2[nH]c(=S)n1-c1ccccc1. The van der Waals surface area contributed by atoms with Crippen molar-refractivity contribution in [2.24, 2.45) is 0 Å². The average Bonchev–Trinajstić information content (AvgIpc) is 2.88. The molecule has 21 heavy (non-hydrogen) atoms. The monoisotopic (exact) mass is 310 g/mol. The number of thiophene rings is 1. The number of aromatic nitrogens is 2. The summed E-state index contributed by atoms with van der Waals surface area (Å²) in [5.74, 6) is 0. The van der Waals surface area contributed by atoms with Crippen LogP contribution in [0.5, 0.6) is 0 Å². The van der Waals surface area contributed by atoms with E-state index < -0.39 is 0 Å². The quantitative estimate of drug-likeness (QED) is 0.533. The van der Waals surface area contributed by atoms with Gasteiger partial charge in [-0.05, 0) is 30.4 Å². The van der Waals surface area contributed by atoms with Crippen LogP contribution in [0.25, 0.3) is 26.0 Å². The lowest BCUT2D eigenvalue weighted by molar-refractivity contribution is 0.944. The van der Waals surface area contributed by atoms with Gasteiger partial charge in [0.15, 0.2) is 4.77 Å². The summed E-state index contributed by atoms with van der Waals surface area (Å²) in [5.41, 5.74) is 1.54. The Bertz CT molecular complexity index is 1070. The van der Waals surface area contributed by atoms with E-state index in [1.807, 2.05) is 54.6 Å². The molecule has 2 heterocycles. The summed E-state index contributed by atoms with van der Waals surface area (Å²) < 4.78 is 3.75. The van der Waals surface area contributed by atoms with Gasteiger partial charge in [-0.3, -0.25) is 9.36 Å². The van der Waals surface area contributed by atoms with E-state index in [9.17, 15) is 4.79 Å². The van der Waals surface area contributed by atoms with Crippen molar-refractivity contribution < 1.29 is 0 Å². The molecule has 5 heteroatoms. The maximum absolute atomic E-state index is 12.8. The third-order valence-corrected chi connectivity index (χ3v) is 4.89. The molecule has 102 valence electrons. The highest BCUT2D eigenvalue weighted by atomic mass is 32.1. The molecule has 2 aromatic carbocycles. The summed E-state index contributed by atoms with van der Waals surface area (Å²) in [4.78, 5) is 16.0.